The average Bonchev–Trinajstić information content (AvgIpc) is 2.86. The third kappa shape index (κ3) is 6.77. The Morgan fingerprint density at radius 1 is 0.778 bits per heavy atom. The van der Waals surface area contributed by atoms with E-state index in [1.54, 1.807) is 0 Å². The molecule has 0 N–H and O–H groups in total. The van der Waals surface area contributed by atoms with Gasteiger partial charge in [-0.3, -0.25) is 0 Å². The number of halogens is 5. The minimum atomic E-state index is -4.83. The van der Waals surface area contributed by atoms with Gasteiger partial charge in [-0.15, -0.1) is 13.2 Å². The number of rotatable bonds is 8. The van der Waals surface area contributed by atoms with Crippen LogP contribution in [0.1, 0.15) is 51.0 Å². The summed E-state index contributed by atoms with van der Waals surface area (Å²) in [6.07, 6.45) is 3.75. The molecule has 3 aromatic carbocycles. The quantitative estimate of drug-likeness (QED) is 0.285. The van der Waals surface area contributed by atoms with Gasteiger partial charge in [-0.1, -0.05) is 63.3 Å². The lowest BCUT2D eigenvalue weighted by atomic mass is 9.78. The molecule has 3 aromatic rings. The van der Waals surface area contributed by atoms with Crippen LogP contribution in [0, 0.1) is 23.5 Å². The van der Waals surface area contributed by atoms with E-state index in [1.165, 1.54) is 55.9 Å². The summed E-state index contributed by atoms with van der Waals surface area (Å²) in [7, 11) is 0. The number of alkyl halides is 3. The minimum absolute atomic E-state index is 0.0460. The second kappa shape index (κ2) is 11.3. The Morgan fingerprint density at radius 3 is 2.00 bits per heavy atom. The van der Waals surface area contributed by atoms with Crippen molar-refractivity contribution in [3.8, 4) is 28.4 Å². The summed E-state index contributed by atoms with van der Waals surface area (Å²) >= 11 is 0. The first-order chi connectivity index (χ1) is 17.2. The van der Waals surface area contributed by atoms with Crippen LogP contribution in [0.4, 0.5) is 22.0 Å². The molecule has 0 saturated heterocycles. The van der Waals surface area contributed by atoms with Gasteiger partial charge >= 0.3 is 6.36 Å². The largest absolute Gasteiger partial charge is 0.573 e. The zero-order valence-electron chi connectivity index (χ0n) is 20.1. The zero-order valence-corrected chi connectivity index (χ0v) is 20.1. The molecule has 192 valence electrons. The molecule has 4 rings (SSSR count). The molecule has 0 bridgehead atoms. The summed E-state index contributed by atoms with van der Waals surface area (Å²) in [6.45, 7) is 2.26. The number of ether oxygens (including phenoxy) is 2. The van der Waals surface area contributed by atoms with Crippen molar-refractivity contribution in [1.29, 1.82) is 0 Å². The van der Waals surface area contributed by atoms with Crippen molar-refractivity contribution >= 4 is 0 Å². The van der Waals surface area contributed by atoms with Crippen molar-refractivity contribution < 1.29 is 31.4 Å². The summed E-state index contributed by atoms with van der Waals surface area (Å²) < 4.78 is 75.3. The number of benzene rings is 3. The van der Waals surface area contributed by atoms with Gasteiger partial charge in [-0.25, -0.2) is 4.39 Å². The summed E-state index contributed by atoms with van der Waals surface area (Å²) in [5.41, 5.74) is 2.17. The Labute approximate surface area is 208 Å². The lowest BCUT2D eigenvalue weighted by Gasteiger charge is -2.27. The third-order valence-corrected chi connectivity index (χ3v) is 6.98. The van der Waals surface area contributed by atoms with E-state index in [0.717, 1.165) is 42.9 Å². The van der Waals surface area contributed by atoms with Crippen molar-refractivity contribution in [2.24, 2.45) is 11.8 Å². The first-order valence-corrected chi connectivity index (χ1v) is 12.3. The topological polar surface area (TPSA) is 18.5 Å². The van der Waals surface area contributed by atoms with Crippen molar-refractivity contribution in [3.05, 3.63) is 77.9 Å². The fourth-order valence-corrected chi connectivity index (χ4v) is 4.84. The minimum Gasteiger partial charge on any atom is -0.454 e. The first-order valence-electron chi connectivity index (χ1n) is 12.3. The van der Waals surface area contributed by atoms with E-state index in [0.29, 0.717) is 11.1 Å². The summed E-state index contributed by atoms with van der Waals surface area (Å²) in [5.74, 6) is -1.35. The van der Waals surface area contributed by atoms with E-state index >= 15 is 0 Å². The van der Waals surface area contributed by atoms with Crippen LogP contribution >= 0.6 is 0 Å². The van der Waals surface area contributed by atoms with E-state index in [4.69, 9.17) is 4.74 Å². The van der Waals surface area contributed by atoms with E-state index in [1.807, 2.05) is 24.3 Å². The summed E-state index contributed by atoms with van der Waals surface area (Å²) in [4.78, 5) is 0. The van der Waals surface area contributed by atoms with Gasteiger partial charge in [0.15, 0.2) is 11.6 Å². The maximum atomic E-state index is 14.7. The molecule has 36 heavy (non-hydrogen) atoms. The fraction of sp³-hybridized carbons (Fsp3) is 0.379. The van der Waals surface area contributed by atoms with Crippen LogP contribution in [0.2, 0.25) is 0 Å². The molecular weight excluding hydrogens is 475 g/mol. The van der Waals surface area contributed by atoms with Gasteiger partial charge in [-0.2, -0.15) is 4.39 Å². The SMILES string of the molecule is CC[C@H]1CC[C@H](CCc2ccc(-c3ccc(F)c(F)c3Oc3ccc(OC(F)(F)F)cc3)cc2)CC1. The normalized spacial score (nSPS) is 18.2. The highest BCUT2D eigenvalue weighted by atomic mass is 19.4. The molecule has 1 saturated carbocycles. The van der Waals surface area contributed by atoms with Crippen molar-refractivity contribution in [2.75, 3.05) is 0 Å². The monoisotopic (exact) mass is 504 g/mol. The van der Waals surface area contributed by atoms with Crippen LogP contribution in [0.25, 0.3) is 11.1 Å². The second-order valence-electron chi connectivity index (χ2n) is 9.39. The zero-order chi connectivity index (χ0) is 25.7. The Bertz CT molecular complexity index is 1130. The molecule has 0 aliphatic heterocycles. The fourth-order valence-electron chi connectivity index (χ4n) is 4.84. The van der Waals surface area contributed by atoms with Gasteiger partial charge in [0.25, 0.3) is 0 Å². The van der Waals surface area contributed by atoms with E-state index in [2.05, 4.69) is 11.7 Å². The number of aryl methyl sites for hydroxylation is 1. The van der Waals surface area contributed by atoms with Crippen LogP contribution in [-0.2, 0) is 6.42 Å². The Balaban J connectivity index is 1.46. The van der Waals surface area contributed by atoms with Gasteiger partial charge < -0.3 is 9.47 Å². The van der Waals surface area contributed by atoms with Gasteiger partial charge in [0.05, 0.1) is 0 Å². The van der Waals surface area contributed by atoms with Gasteiger partial charge in [0.1, 0.15) is 11.5 Å². The van der Waals surface area contributed by atoms with Crippen LogP contribution < -0.4 is 9.47 Å². The molecule has 0 amide bonds. The van der Waals surface area contributed by atoms with E-state index in [9.17, 15) is 22.0 Å². The maximum absolute atomic E-state index is 14.7. The first kappa shape index (κ1) is 26.0. The Hall–Kier alpha value is -3.09. The van der Waals surface area contributed by atoms with Crippen molar-refractivity contribution in [2.45, 2.75) is 58.2 Å². The number of hydrogen-bond donors (Lipinski definition) is 0. The highest BCUT2D eigenvalue weighted by molar-refractivity contribution is 5.71. The molecule has 1 fully saturated rings. The maximum Gasteiger partial charge on any atom is 0.573 e. The molecule has 0 unspecified atom stereocenters. The molecule has 1 aliphatic carbocycles. The van der Waals surface area contributed by atoms with Crippen LogP contribution in [0.5, 0.6) is 17.2 Å². The summed E-state index contributed by atoms with van der Waals surface area (Å²) in [5, 5.41) is 0. The van der Waals surface area contributed by atoms with Crippen molar-refractivity contribution in [1.82, 2.24) is 0 Å². The Morgan fingerprint density at radius 2 is 1.39 bits per heavy atom. The van der Waals surface area contributed by atoms with Crippen molar-refractivity contribution in [3.63, 3.8) is 0 Å². The van der Waals surface area contributed by atoms with Crippen LogP contribution in [0.15, 0.2) is 60.7 Å². The van der Waals surface area contributed by atoms with Gasteiger partial charge in [-0.05, 0) is 72.2 Å². The molecule has 7 heteroatoms. The molecule has 1 aliphatic rings. The van der Waals surface area contributed by atoms with E-state index < -0.39 is 23.7 Å². The standard InChI is InChI=1S/C29H29F5O2/c1-2-19-3-5-20(6-4-19)7-8-21-9-11-22(12-10-21)25-17-18-26(30)27(31)28(25)35-23-13-15-24(16-14-23)36-29(32,33)34/h9-20H,2-8H2,1H3/t19-,20-. The smallest absolute Gasteiger partial charge is 0.454 e. The molecule has 0 atom stereocenters. The van der Waals surface area contributed by atoms with Crippen LogP contribution in [-0.4, -0.2) is 6.36 Å². The number of hydrogen-bond acceptors (Lipinski definition) is 2. The Kier molecular flexibility index (Phi) is 8.17. The second-order valence-corrected chi connectivity index (χ2v) is 9.39. The predicted octanol–water partition coefficient (Wildman–Crippen LogP) is 9.47. The molecule has 2 nitrogen and oxygen atoms in total. The van der Waals surface area contributed by atoms with Gasteiger partial charge in [0.2, 0.25) is 5.82 Å². The lowest BCUT2D eigenvalue weighted by Crippen LogP contribution is -2.16. The van der Waals surface area contributed by atoms with Crippen LogP contribution in [0.3, 0.4) is 0 Å². The summed E-state index contributed by atoms with van der Waals surface area (Å²) in [6, 6.07) is 14.6. The highest BCUT2D eigenvalue weighted by Gasteiger charge is 2.31. The molecule has 0 aromatic heterocycles. The highest BCUT2D eigenvalue weighted by Crippen LogP contribution is 2.38. The third-order valence-electron chi connectivity index (χ3n) is 6.98. The molecule has 0 spiro atoms. The molecular formula is C29H29F5O2. The average molecular weight is 505 g/mol. The lowest BCUT2D eigenvalue weighted by molar-refractivity contribution is -0.274. The molecule has 0 radical (unpaired) electrons. The predicted molar refractivity (Wildman–Crippen MR) is 129 cm³/mol. The van der Waals surface area contributed by atoms with E-state index in [-0.39, 0.29) is 11.5 Å². The van der Waals surface area contributed by atoms with Gasteiger partial charge in [0, 0.05) is 5.56 Å². The molecule has 0 heterocycles.